The van der Waals surface area contributed by atoms with Gasteiger partial charge in [-0.3, -0.25) is 9.80 Å². The van der Waals surface area contributed by atoms with E-state index in [2.05, 4.69) is 33.7 Å². The number of hydrogen-bond donors (Lipinski definition) is 1. The summed E-state index contributed by atoms with van der Waals surface area (Å²) in [5, 5.41) is 0. The minimum absolute atomic E-state index is 0.369. The minimum atomic E-state index is 0.369. The fourth-order valence-corrected chi connectivity index (χ4v) is 5.96. The van der Waals surface area contributed by atoms with Gasteiger partial charge in [-0.1, -0.05) is 0 Å². The summed E-state index contributed by atoms with van der Waals surface area (Å²) in [5.74, 6) is 1.05. The Morgan fingerprint density at radius 2 is 1.06 bits per heavy atom. The number of rotatable bonds is 4. The normalized spacial score (nSPS) is 34.7. The Morgan fingerprint density at radius 1 is 0.677 bits per heavy atom. The molecule has 0 unspecified atom stereocenters. The zero-order valence-corrected chi connectivity index (χ0v) is 20.6. The van der Waals surface area contributed by atoms with Crippen LogP contribution < -0.4 is 5.73 Å². The number of carbonyl (C=O) groups excluding carboxylic acids is 1. The van der Waals surface area contributed by atoms with Crippen LogP contribution in [0.25, 0.3) is 0 Å². The van der Waals surface area contributed by atoms with Crippen LogP contribution >= 0.6 is 0 Å². The fourth-order valence-electron chi connectivity index (χ4n) is 5.96. The van der Waals surface area contributed by atoms with E-state index in [1.165, 1.54) is 104 Å². The summed E-state index contributed by atoms with van der Waals surface area (Å²) < 4.78 is 0. The van der Waals surface area contributed by atoms with Gasteiger partial charge in [-0.15, -0.1) is 0 Å². The molecular formula is C25H49N5O. The average molecular weight is 436 g/mol. The molecule has 6 heteroatoms. The van der Waals surface area contributed by atoms with Crippen LogP contribution in [0.1, 0.15) is 64.7 Å². The number of carbonyl (C=O) groups is 1. The summed E-state index contributed by atoms with van der Waals surface area (Å²) in [6.45, 7) is 11.6. The SMILES string of the molecule is CC(=O)CC1CCC(N2CCN(C)CC2)CC1.CN1CCN(C2CCC(N)CC2)CC1. The van der Waals surface area contributed by atoms with Gasteiger partial charge in [-0.05, 0) is 78.3 Å². The largest absolute Gasteiger partial charge is 0.328 e. The van der Waals surface area contributed by atoms with Crippen LogP contribution in [0.15, 0.2) is 0 Å². The molecule has 4 rings (SSSR count). The quantitative estimate of drug-likeness (QED) is 0.731. The Kier molecular flexibility index (Phi) is 10.2. The van der Waals surface area contributed by atoms with Gasteiger partial charge in [0.1, 0.15) is 5.78 Å². The molecule has 2 saturated carbocycles. The molecule has 2 heterocycles. The lowest BCUT2D eigenvalue weighted by atomic mass is 9.82. The monoisotopic (exact) mass is 435 g/mol. The van der Waals surface area contributed by atoms with Gasteiger partial charge >= 0.3 is 0 Å². The molecule has 180 valence electrons. The molecule has 2 aliphatic heterocycles. The smallest absolute Gasteiger partial charge is 0.130 e. The van der Waals surface area contributed by atoms with Gasteiger partial charge in [-0.25, -0.2) is 0 Å². The third kappa shape index (κ3) is 8.39. The van der Waals surface area contributed by atoms with Crippen molar-refractivity contribution in [3.05, 3.63) is 0 Å². The zero-order valence-electron chi connectivity index (χ0n) is 20.6. The van der Waals surface area contributed by atoms with E-state index >= 15 is 0 Å². The second kappa shape index (κ2) is 12.6. The lowest BCUT2D eigenvalue weighted by Crippen LogP contribution is -2.50. The molecule has 2 N–H and O–H groups in total. The first-order valence-electron chi connectivity index (χ1n) is 13.0. The van der Waals surface area contributed by atoms with Gasteiger partial charge in [0.25, 0.3) is 0 Å². The highest BCUT2D eigenvalue weighted by Crippen LogP contribution is 2.30. The van der Waals surface area contributed by atoms with Crippen LogP contribution in [-0.4, -0.2) is 110 Å². The Hall–Kier alpha value is -0.530. The van der Waals surface area contributed by atoms with Crippen molar-refractivity contribution in [1.82, 2.24) is 19.6 Å². The number of Topliss-reactive ketones (excluding diaryl/α,β-unsaturated/α-hetero) is 1. The first kappa shape index (κ1) is 25.1. The Bertz CT molecular complexity index is 492. The fraction of sp³-hybridized carbons (Fsp3) is 0.960. The number of likely N-dealkylation sites (N-methyl/N-ethyl adjacent to an activating group) is 2. The number of hydrogen-bond acceptors (Lipinski definition) is 6. The molecule has 4 fully saturated rings. The molecule has 0 amide bonds. The van der Waals surface area contributed by atoms with E-state index in [0.717, 1.165) is 18.5 Å². The van der Waals surface area contributed by atoms with Gasteiger partial charge in [0.2, 0.25) is 0 Å². The van der Waals surface area contributed by atoms with E-state index in [-0.39, 0.29) is 0 Å². The maximum absolute atomic E-state index is 11.1. The second-order valence-corrected chi connectivity index (χ2v) is 10.8. The van der Waals surface area contributed by atoms with E-state index in [0.29, 0.717) is 17.7 Å². The Labute approximate surface area is 191 Å². The van der Waals surface area contributed by atoms with Gasteiger partial charge < -0.3 is 20.3 Å². The highest BCUT2D eigenvalue weighted by Gasteiger charge is 2.28. The van der Waals surface area contributed by atoms with Crippen LogP contribution in [0, 0.1) is 5.92 Å². The van der Waals surface area contributed by atoms with Crippen molar-refractivity contribution in [2.45, 2.75) is 82.8 Å². The van der Waals surface area contributed by atoms with Crippen molar-refractivity contribution in [3.63, 3.8) is 0 Å². The second-order valence-electron chi connectivity index (χ2n) is 10.8. The summed E-state index contributed by atoms with van der Waals surface area (Å²) in [4.78, 5) is 21.3. The van der Waals surface area contributed by atoms with Crippen molar-refractivity contribution < 1.29 is 4.79 Å². The van der Waals surface area contributed by atoms with Crippen molar-refractivity contribution in [2.75, 3.05) is 66.5 Å². The lowest BCUT2D eigenvalue weighted by Gasteiger charge is -2.41. The maximum Gasteiger partial charge on any atom is 0.130 e. The van der Waals surface area contributed by atoms with Crippen molar-refractivity contribution in [3.8, 4) is 0 Å². The standard InChI is InChI=1S/C14H26N2O.C11H23N3/c1-12(17)11-13-3-5-14(6-4-13)16-9-7-15(2)8-10-16;1-13-6-8-14(9-7-13)11-4-2-10(12)3-5-11/h13-14H,3-11H2,1-2H3;10-11H,2-9,12H2,1H3. The average Bonchev–Trinajstić information content (AvgIpc) is 2.76. The topological polar surface area (TPSA) is 56.1 Å². The molecule has 0 atom stereocenters. The van der Waals surface area contributed by atoms with Gasteiger partial charge in [0.15, 0.2) is 0 Å². The summed E-state index contributed by atoms with van der Waals surface area (Å²) in [7, 11) is 4.43. The van der Waals surface area contributed by atoms with E-state index in [4.69, 9.17) is 5.73 Å². The molecule has 6 nitrogen and oxygen atoms in total. The summed E-state index contributed by atoms with van der Waals surface area (Å²) in [5.41, 5.74) is 5.92. The minimum Gasteiger partial charge on any atom is -0.328 e. The molecule has 2 aliphatic carbocycles. The molecular weight excluding hydrogens is 386 g/mol. The highest BCUT2D eigenvalue weighted by atomic mass is 16.1. The maximum atomic E-state index is 11.1. The van der Waals surface area contributed by atoms with Crippen molar-refractivity contribution in [1.29, 1.82) is 0 Å². The van der Waals surface area contributed by atoms with Crippen LogP contribution in [0.4, 0.5) is 0 Å². The van der Waals surface area contributed by atoms with Gasteiger partial charge in [0, 0.05) is 76.9 Å². The third-order valence-corrected chi connectivity index (χ3v) is 8.24. The summed E-state index contributed by atoms with van der Waals surface area (Å²) >= 11 is 0. The van der Waals surface area contributed by atoms with Gasteiger partial charge in [-0.2, -0.15) is 0 Å². The van der Waals surface area contributed by atoms with Crippen molar-refractivity contribution in [2.24, 2.45) is 11.7 Å². The zero-order chi connectivity index (χ0) is 22.2. The molecule has 0 radical (unpaired) electrons. The molecule has 0 spiro atoms. The van der Waals surface area contributed by atoms with Crippen LogP contribution in [0.2, 0.25) is 0 Å². The van der Waals surface area contributed by atoms with Crippen molar-refractivity contribution >= 4 is 5.78 Å². The Morgan fingerprint density at radius 3 is 1.45 bits per heavy atom. The third-order valence-electron chi connectivity index (χ3n) is 8.24. The van der Waals surface area contributed by atoms with E-state index in [9.17, 15) is 4.79 Å². The Balaban J connectivity index is 0.000000179. The van der Waals surface area contributed by atoms with Crippen LogP contribution in [0.5, 0.6) is 0 Å². The van der Waals surface area contributed by atoms with E-state index in [1.807, 2.05) is 0 Å². The summed E-state index contributed by atoms with van der Waals surface area (Å²) in [6, 6.07) is 2.12. The van der Waals surface area contributed by atoms with Gasteiger partial charge in [0.05, 0.1) is 0 Å². The number of ketones is 1. The predicted octanol–water partition coefficient (Wildman–Crippen LogP) is 2.28. The molecule has 0 aromatic carbocycles. The number of nitrogens with zero attached hydrogens (tertiary/aromatic N) is 4. The number of nitrogens with two attached hydrogens (primary N) is 1. The summed E-state index contributed by atoms with van der Waals surface area (Å²) in [6.07, 6.45) is 11.1. The first-order valence-corrected chi connectivity index (χ1v) is 13.0. The number of piperazine rings is 2. The molecule has 0 aromatic heterocycles. The van der Waals surface area contributed by atoms with Crippen LogP contribution in [0.3, 0.4) is 0 Å². The highest BCUT2D eigenvalue weighted by molar-refractivity contribution is 5.75. The first-order chi connectivity index (χ1) is 14.9. The van der Waals surface area contributed by atoms with E-state index < -0.39 is 0 Å². The lowest BCUT2D eigenvalue weighted by molar-refractivity contribution is -0.118. The van der Waals surface area contributed by atoms with E-state index in [1.54, 1.807) is 6.92 Å². The molecule has 0 aromatic rings. The molecule has 4 aliphatic rings. The molecule has 0 bridgehead atoms. The molecule has 31 heavy (non-hydrogen) atoms. The predicted molar refractivity (Wildman–Crippen MR) is 129 cm³/mol. The van der Waals surface area contributed by atoms with Crippen LogP contribution in [-0.2, 0) is 4.79 Å². The molecule has 2 saturated heterocycles.